The normalized spacial score (nSPS) is 19.0. The Balaban J connectivity index is 2.34. The van der Waals surface area contributed by atoms with Gasteiger partial charge >= 0.3 is 5.97 Å². The predicted molar refractivity (Wildman–Crippen MR) is 70.2 cm³/mol. The summed E-state index contributed by atoms with van der Waals surface area (Å²) in [5.74, 6) is 0.227. The summed E-state index contributed by atoms with van der Waals surface area (Å²) in [6.45, 7) is 7.65. The second-order valence-electron chi connectivity index (χ2n) is 5.93. The summed E-state index contributed by atoms with van der Waals surface area (Å²) in [7, 11) is 0. The minimum atomic E-state index is -0.727. The van der Waals surface area contributed by atoms with Crippen LogP contribution < -0.4 is 0 Å². The van der Waals surface area contributed by atoms with Crippen LogP contribution in [-0.4, -0.2) is 35.0 Å². The van der Waals surface area contributed by atoms with Crippen molar-refractivity contribution in [3.8, 4) is 0 Å². The molecule has 0 radical (unpaired) electrons. The third-order valence-corrected chi connectivity index (χ3v) is 3.59. The third kappa shape index (κ3) is 4.67. The third-order valence-electron chi connectivity index (χ3n) is 3.59. The fraction of sp³-hybridized carbons (Fsp3) is 0.857. The van der Waals surface area contributed by atoms with E-state index in [4.69, 9.17) is 5.11 Å². The van der Waals surface area contributed by atoms with Crippen molar-refractivity contribution >= 4 is 11.9 Å². The molecule has 1 rings (SSSR count). The topological polar surface area (TPSA) is 57.6 Å². The van der Waals surface area contributed by atoms with Gasteiger partial charge in [0.2, 0.25) is 5.91 Å². The second kappa shape index (κ2) is 6.76. The molecule has 104 valence electrons. The zero-order valence-electron chi connectivity index (χ0n) is 11.7. The quantitative estimate of drug-likeness (QED) is 0.820. The largest absolute Gasteiger partial charge is 0.481 e. The maximum atomic E-state index is 12.0. The van der Waals surface area contributed by atoms with Crippen LogP contribution >= 0.6 is 0 Å². The van der Waals surface area contributed by atoms with Crippen LogP contribution in [0, 0.1) is 17.8 Å². The lowest BCUT2D eigenvalue weighted by Crippen LogP contribution is -2.40. The monoisotopic (exact) mass is 255 g/mol. The molecular weight excluding hydrogens is 230 g/mol. The fourth-order valence-corrected chi connectivity index (χ4v) is 2.69. The summed E-state index contributed by atoms with van der Waals surface area (Å²) < 4.78 is 0. The molecule has 4 nitrogen and oxygen atoms in total. The highest BCUT2D eigenvalue weighted by atomic mass is 16.4. The Labute approximate surface area is 109 Å². The van der Waals surface area contributed by atoms with E-state index in [2.05, 4.69) is 20.8 Å². The first-order valence-electron chi connectivity index (χ1n) is 6.90. The van der Waals surface area contributed by atoms with E-state index in [1.54, 1.807) is 0 Å². The zero-order chi connectivity index (χ0) is 13.7. The second-order valence-corrected chi connectivity index (χ2v) is 5.93. The molecule has 1 unspecified atom stereocenters. The molecule has 0 saturated carbocycles. The number of rotatable bonds is 5. The smallest absolute Gasteiger partial charge is 0.306 e. The highest BCUT2D eigenvalue weighted by molar-refractivity contribution is 5.77. The molecule has 0 spiro atoms. The molecule has 4 heteroatoms. The molecule has 18 heavy (non-hydrogen) atoms. The van der Waals surface area contributed by atoms with E-state index >= 15 is 0 Å². The number of likely N-dealkylation sites (tertiary alicyclic amines) is 1. The Morgan fingerprint density at radius 3 is 2.22 bits per heavy atom. The van der Waals surface area contributed by atoms with E-state index in [-0.39, 0.29) is 11.8 Å². The summed E-state index contributed by atoms with van der Waals surface area (Å²) in [6.07, 6.45) is 2.85. The lowest BCUT2D eigenvalue weighted by Gasteiger charge is -2.31. The number of hydrogen-bond donors (Lipinski definition) is 1. The van der Waals surface area contributed by atoms with Gasteiger partial charge in [-0.15, -0.1) is 0 Å². The van der Waals surface area contributed by atoms with Crippen molar-refractivity contribution in [2.75, 3.05) is 13.1 Å². The van der Waals surface area contributed by atoms with E-state index in [0.717, 1.165) is 6.42 Å². The minimum Gasteiger partial charge on any atom is -0.481 e. The molecule has 0 aliphatic carbocycles. The van der Waals surface area contributed by atoms with Gasteiger partial charge in [0.05, 0.1) is 5.92 Å². The Kier molecular flexibility index (Phi) is 5.63. The van der Waals surface area contributed by atoms with Gasteiger partial charge < -0.3 is 10.0 Å². The van der Waals surface area contributed by atoms with Gasteiger partial charge in [0.1, 0.15) is 0 Å². The van der Waals surface area contributed by atoms with Gasteiger partial charge in [-0.25, -0.2) is 0 Å². The van der Waals surface area contributed by atoms with Gasteiger partial charge in [-0.2, -0.15) is 0 Å². The summed E-state index contributed by atoms with van der Waals surface area (Å²) in [5.41, 5.74) is 0. The number of carbonyl (C=O) groups excluding carboxylic acids is 1. The van der Waals surface area contributed by atoms with Crippen LogP contribution in [-0.2, 0) is 9.59 Å². The summed E-state index contributed by atoms with van der Waals surface area (Å²) >= 11 is 0. The van der Waals surface area contributed by atoms with Gasteiger partial charge in [-0.1, -0.05) is 20.8 Å². The number of hydrogen-bond acceptors (Lipinski definition) is 2. The van der Waals surface area contributed by atoms with E-state index in [1.165, 1.54) is 0 Å². The Bertz CT molecular complexity index is 293. The molecule has 1 amide bonds. The Morgan fingerprint density at radius 1 is 1.22 bits per heavy atom. The lowest BCUT2D eigenvalue weighted by molar-refractivity contribution is -0.145. The standard InChI is InChI=1S/C14H25NO3/c1-10(2)8-11(3)9-13(16)15-6-4-12(5-7-15)14(17)18/h10-12H,4-9H2,1-3H3,(H,17,18). The predicted octanol–water partition coefficient (Wildman–Crippen LogP) is 2.38. The van der Waals surface area contributed by atoms with Crippen molar-refractivity contribution < 1.29 is 14.7 Å². The van der Waals surface area contributed by atoms with Crippen LogP contribution in [0.1, 0.15) is 46.5 Å². The molecule has 1 heterocycles. The molecule has 0 aromatic carbocycles. The van der Waals surface area contributed by atoms with E-state index < -0.39 is 5.97 Å². The van der Waals surface area contributed by atoms with Crippen molar-refractivity contribution in [1.82, 2.24) is 4.90 Å². The van der Waals surface area contributed by atoms with Crippen LogP contribution in [0.2, 0.25) is 0 Å². The summed E-state index contributed by atoms with van der Waals surface area (Å²) in [4.78, 5) is 24.7. The molecule has 1 aliphatic heterocycles. The number of carbonyl (C=O) groups is 2. The number of aliphatic carboxylic acids is 1. The van der Waals surface area contributed by atoms with Crippen molar-refractivity contribution in [3.05, 3.63) is 0 Å². The van der Waals surface area contributed by atoms with Crippen molar-refractivity contribution in [3.63, 3.8) is 0 Å². The maximum absolute atomic E-state index is 12.0. The van der Waals surface area contributed by atoms with Crippen LogP contribution in [0.25, 0.3) is 0 Å². The van der Waals surface area contributed by atoms with Crippen molar-refractivity contribution in [2.24, 2.45) is 17.8 Å². The van der Waals surface area contributed by atoms with Crippen LogP contribution in [0.5, 0.6) is 0 Å². The molecule has 0 bridgehead atoms. The van der Waals surface area contributed by atoms with Gasteiger partial charge in [-0.3, -0.25) is 9.59 Å². The molecule has 1 fully saturated rings. The van der Waals surface area contributed by atoms with E-state index in [9.17, 15) is 9.59 Å². The number of amides is 1. The molecule has 1 atom stereocenters. The van der Waals surface area contributed by atoms with Gasteiger partial charge in [0, 0.05) is 19.5 Å². The number of carboxylic acid groups (broad SMARTS) is 1. The Hall–Kier alpha value is -1.06. The van der Waals surface area contributed by atoms with E-state index in [1.807, 2.05) is 4.90 Å². The maximum Gasteiger partial charge on any atom is 0.306 e. The van der Waals surface area contributed by atoms with E-state index in [0.29, 0.717) is 44.2 Å². The first-order valence-corrected chi connectivity index (χ1v) is 6.90. The summed E-state index contributed by atoms with van der Waals surface area (Å²) in [5, 5.41) is 8.90. The average molecular weight is 255 g/mol. The van der Waals surface area contributed by atoms with Gasteiger partial charge in [-0.05, 0) is 31.1 Å². The number of piperidine rings is 1. The van der Waals surface area contributed by atoms with Crippen molar-refractivity contribution in [2.45, 2.75) is 46.5 Å². The SMILES string of the molecule is CC(C)CC(C)CC(=O)N1CCC(C(=O)O)CC1. The summed E-state index contributed by atoms with van der Waals surface area (Å²) in [6, 6.07) is 0. The molecule has 0 aromatic rings. The fourth-order valence-electron chi connectivity index (χ4n) is 2.69. The molecular formula is C14H25NO3. The molecule has 1 aliphatic rings. The van der Waals surface area contributed by atoms with Crippen molar-refractivity contribution in [1.29, 1.82) is 0 Å². The Morgan fingerprint density at radius 2 is 1.78 bits per heavy atom. The first-order chi connectivity index (χ1) is 8.40. The van der Waals surface area contributed by atoms with Crippen LogP contribution in [0.3, 0.4) is 0 Å². The number of carboxylic acids is 1. The highest BCUT2D eigenvalue weighted by Gasteiger charge is 2.27. The van der Waals surface area contributed by atoms with Gasteiger partial charge in [0.25, 0.3) is 0 Å². The molecule has 1 saturated heterocycles. The van der Waals surface area contributed by atoms with Gasteiger partial charge in [0.15, 0.2) is 0 Å². The zero-order valence-corrected chi connectivity index (χ0v) is 11.7. The lowest BCUT2D eigenvalue weighted by atomic mass is 9.93. The highest BCUT2D eigenvalue weighted by Crippen LogP contribution is 2.20. The average Bonchev–Trinajstić information content (AvgIpc) is 2.27. The first kappa shape index (κ1) is 15.0. The van der Waals surface area contributed by atoms with Crippen LogP contribution in [0.4, 0.5) is 0 Å². The van der Waals surface area contributed by atoms with Crippen LogP contribution in [0.15, 0.2) is 0 Å². The minimum absolute atomic E-state index is 0.187. The molecule has 1 N–H and O–H groups in total. The molecule has 0 aromatic heterocycles. The number of nitrogens with zero attached hydrogens (tertiary/aromatic N) is 1.